The maximum absolute atomic E-state index is 12.9. The number of aliphatic hydroxyl groups is 2. The van der Waals surface area contributed by atoms with Crippen LogP contribution in [0.15, 0.2) is 11.0 Å². The third-order valence-electron chi connectivity index (χ3n) is 7.54. The minimum Gasteiger partial charge on any atom is -0.458 e. The van der Waals surface area contributed by atoms with Crippen molar-refractivity contribution in [1.82, 2.24) is 4.98 Å². The molecule has 34 heavy (non-hydrogen) atoms. The van der Waals surface area contributed by atoms with Gasteiger partial charge in [0.2, 0.25) is 0 Å². The molecule has 0 amide bonds. The van der Waals surface area contributed by atoms with Gasteiger partial charge in [-0.25, -0.2) is 4.98 Å². The first-order valence-corrected chi connectivity index (χ1v) is 13.2. The highest BCUT2D eigenvalue weighted by atomic mass is 32.1. The second kappa shape index (κ2) is 11.0. The monoisotopic (exact) mass is 493 g/mol. The normalized spacial score (nSPS) is 38.8. The van der Waals surface area contributed by atoms with Gasteiger partial charge in [-0.05, 0) is 51.2 Å². The summed E-state index contributed by atoms with van der Waals surface area (Å²) < 4.78 is 11.9. The number of hydrogen-bond donors (Lipinski definition) is 2. The molecular weight excluding hydrogens is 454 g/mol. The number of rotatable bonds is 2. The lowest BCUT2D eigenvalue weighted by Crippen LogP contribution is -2.39. The zero-order valence-corrected chi connectivity index (χ0v) is 21.9. The molecule has 0 aromatic carbocycles. The van der Waals surface area contributed by atoms with E-state index < -0.39 is 36.1 Å². The summed E-state index contributed by atoms with van der Waals surface area (Å²) in [6.07, 6.45) is 2.12. The Morgan fingerprint density at radius 2 is 1.94 bits per heavy atom. The molecule has 1 unspecified atom stereocenters. The van der Waals surface area contributed by atoms with Gasteiger partial charge >= 0.3 is 5.97 Å². The summed E-state index contributed by atoms with van der Waals surface area (Å²) in [6, 6.07) is 0. The van der Waals surface area contributed by atoms with Crippen molar-refractivity contribution >= 4 is 29.2 Å². The summed E-state index contributed by atoms with van der Waals surface area (Å²) in [4.78, 5) is 30.2. The fourth-order valence-electron chi connectivity index (χ4n) is 4.87. The summed E-state index contributed by atoms with van der Waals surface area (Å²) >= 11 is 1.56. The number of cyclic esters (lactones) is 1. The van der Waals surface area contributed by atoms with Crippen molar-refractivity contribution in [2.75, 3.05) is 0 Å². The molecule has 7 nitrogen and oxygen atoms in total. The van der Waals surface area contributed by atoms with Crippen molar-refractivity contribution in [2.45, 2.75) is 104 Å². The van der Waals surface area contributed by atoms with Crippen LogP contribution in [0.5, 0.6) is 0 Å². The van der Waals surface area contributed by atoms with E-state index in [1.807, 2.05) is 32.2 Å². The molecule has 0 aliphatic carbocycles. The Hall–Kier alpha value is -1.61. The molecule has 3 rings (SSSR count). The Morgan fingerprint density at radius 3 is 2.59 bits per heavy atom. The molecule has 0 radical (unpaired) electrons. The van der Waals surface area contributed by atoms with Crippen LogP contribution in [0.2, 0.25) is 0 Å². The first-order chi connectivity index (χ1) is 15.9. The Kier molecular flexibility index (Phi) is 8.71. The smallest absolute Gasteiger partial charge is 0.309 e. The van der Waals surface area contributed by atoms with E-state index in [4.69, 9.17) is 9.47 Å². The number of hydrogen-bond acceptors (Lipinski definition) is 8. The molecule has 8 atom stereocenters. The number of Topliss-reactive ketones (excluding diaryl/α,β-unsaturated/α-hetero) is 1. The maximum Gasteiger partial charge on any atom is 0.309 e. The molecule has 3 heterocycles. The predicted molar refractivity (Wildman–Crippen MR) is 131 cm³/mol. The molecule has 1 aromatic heterocycles. The van der Waals surface area contributed by atoms with Gasteiger partial charge in [-0.1, -0.05) is 27.2 Å². The number of ether oxygens (including phenoxy) is 2. The van der Waals surface area contributed by atoms with E-state index in [1.165, 1.54) is 0 Å². The van der Waals surface area contributed by atoms with E-state index in [0.717, 1.165) is 35.5 Å². The zero-order valence-electron chi connectivity index (χ0n) is 21.1. The number of fused-ring (bicyclic) bond motifs is 1. The lowest BCUT2D eigenvalue weighted by Gasteiger charge is -2.28. The van der Waals surface area contributed by atoms with E-state index in [1.54, 1.807) is 25.2 Å². The molecular formula is C26H39NO6S. The standard InChI is InChI=1S/C26H39NO6S/c1-14-8-7-9-26(6)22(33-26)12-21(15(2)10-19-13-34-18(5)27-19)32-23(29)11-20(28)16(3)25(31)17(4)24(14)30/h10,13-14,16-17,20-22,24,28,30H,7-9,11-12H2,1-6H3/b15-10+/t14-,16+,17+,20?,21-,22-,24-,26+/m0/s1. The quantitative estimate of drug-likeness (QED) is 0.472. The number of aryl methyl sites for hydroxylation is 1. The number of carbonyl (C=O) groups is 2. The van der Waals surface area contributed by atoms with Crippen LogP contribution in [-0.4, -0.2) is 57.0 Å². The Balaban J connectivity index is 1.81. The van der Waals surface area contributed by atoms with Gasteiger partial charge in [0.15, 0.2) is 0 Å². The average Bonchev–Trinajstić information content (AvgIpc) is 3.22. The highest BCUT2D eigenvalue weighted by Gasteiger charge is 2.52. The van der Waals surface area contributed by atoms with Crippen LogP contribution in [0.4, 0.5) is 0 Å². The topological polar surface area (TPSA) is 109 Å². The number of aliphatic hydroxyl groups excluding tert-OH is 2. The van der Waals surface area contributed by atoms with Crippen LogP contribution < -0.4 is 0 Å². The van der Waals surface area contributed by atoms with Crippen LogP contribution in [0, 0.1) is 24.7 Å². The summed E-state index contributed by atoms with van der Waals surface area (Å²) in [5.74, 6) is -2.25. The van der Waals surface area contributed by atoms with Gasteiger partial charge in [0.1, 0.15) is 11.9 Å². The van der Waals surface area contributed by atoms with Gasteiger partial charge in [0.25, 0.3) is 0 Å². The van der Waals surface area contributed by atoms with Gasteiger partial charge in [0, 0.05) is 23.6 Å². The summed E-state index contributed by atoms with van der Waals surface area (Å²) in [5, 5.41) is 24.2. The minimum absolute atomic E-state index is 0.0386. The van der Waals surface area contributed by atoms with Crippen molar-refractivity contribution < 1.29 is 29.3 Å². The predicted octanol–water partition coefficient (Wildman–Crippen LogP) is 4.09. The Bertz CT molecular complexity index is 913. The molecule has 2 N–H and O–H groups in total. The minimum atomic E-state index is -1.17. The number of thiazole rings is 1. The number of epoxide rings is 1. The molecule has 2 fully saturated rings. The van der Waals surface area contributed by atoms with Gasteiger partial charge in [-0.2, -0.15) is 0 Å². The Labute approximate surface area is 206 Å². The first kappa shape index (κ1) is 27.0. The van der Waals surface area contributed by atoms with E-state index in [2.05, 4.69) is 11.9 Å². The number of ketones is 1. The van der Waals surface area contributed by atoms with Crippen LogP contribution in [0.3, 0.4) is 0 Å². The summed E-state index contributed by atoms with van der Waals surface area (Å²) in [5.41, 5.74) is 1.39. The zero-order chi connectivity index (χ0) is 25.2. The third-order valence-corrected chi connectivity index (χ3v) is 8.33. The van der Waals surface area contributed by atoms with Crippen molar-refractivity contribution in [3.8, 4) is 0 Å². The van der Waals surface area contributed by atoms with Crippen molar-refractivity contribution in [1.29, 1.82) is 0 Å². The van der Waals surface area contributed by atoms with Crippen molar-refractivity contribution in [3.63, 3.8) is 0 Å². The summed E-state index contributed by atoms with van der Waals surface area (Å²) in [7, 11) is 0. The van der Waals surface area contributed by atoms with Crippen LogP contribution >= 0.6 is 11.3 Å². The third kappa shape index (κ3) is 6.53. The second-order valence-electron chi connectivity index (χ2n) is 10.4. The highest BCUT2D eigenvalue weighted by molar-refractivity contribution is 7.09. The van der Waals surface area contributed by atoms with E-state index in [0.29, 0.717) is 6.42 Å². The number of carbonyl (C=O) groups excluding carboxylic acids is 2. The molecule has 2 aliphatic heterocycles. The molecule has 0 spiro atoms. The molecule has 8 heteroatoms. The number of nitrogens with zero attached hydrogens (tertiary/aromatic N) is 1. The van der Waals surface area contributed by atoms with Crippen LogP contribution in [0.1, 0.15) is 77.4 Å². The van der Waals surface area contributed by atoms with E-state index in [9.17, 15) is 19.8 Å². The molecule has 190 valence electrons. The first-order valence-electron chi connectivity index (χ1n) is 12.3. The SMILES string of the molecule is C/C(=C\c1csc(C)n1)[C@@H]1C[C@@H]2O[C@]2(C)CCC[C@H](C)[C@H](O)[C@@H](C)C(=O)[C@H](C)C(O)CC(=O)O1. The van der Waals surface area contributed by atoms with Gasteiger partial charge in [-0.15, -0.1) is 11.3 Å². The van der Waals surface area contributed by atoms with Crippen LogP contribution in [0.25, 0.3) is 6.08 Å². The molecule has 1 aromatic rings. The van der Waals surface area contributed by atoms with Gasteiger partial charge in [-0.3, -0.25) is 9.59 Å². The van der Waals surface area contributed by atoms with Gasteiger partial charge < -0.3 is 19.7 Å². The fourth-order valence-corrected chi connectivity index (χ4v) is 5.44. The Morgan fingerprint density at radius 1 is 1.24 bits per heavy atom. The molecule has 0 bridgehead atoms. The fraction of sp³-hybridized carbons (Fsp3) is 0.731. The van der Waals surface area contributed by atoms with Crippen molar-refractivity contribution in [3.05, 3.63) is 21.7 Å². The lowest BCUT2D eigenvalue weighted by atomic mass is 9.81. The lowest BCUT2D eigenvalue weighted by molar-refractivity contribution is -0.151. The van der Waals surface area contributed by atoms with Gasteiger partial charge in [0.05, 0.1) is 41.0 Å². The number of esters is 1. The average molecular weight is 494 g/mol. The summed E-state index contributed by atoms with van der Waals surface area (Å²) in [6.45, 7) is 11.2. The molecule has 2 saturated heterocycles. The van der Waals surface area contributed by atoms with Crippen LogP contribution in [-0.2, 0) is 19.1 Å². The largest absolute Gasteiger partial charge is 0.458 e. The molecule has 2 aliphatic rings. The van der Waals surface area contributed by atoms with Crippen molar-refractivity contribution in [2.24, 2.45) is 17.8 Å². The highest BCUT2D eigenvalue weighted by Crippen LogP contribution is 2.45. The van der Waals surface area contributed by atoms with E-state index >= 15 is 0 Å². The molecule has 0 saturated carbocycles. The van der Waals surface area contributed by atoms with E-state index in [-0.39, 0.29) is 29.8 Å². The number of aromatic nitrogens is 1. The second-order valence-corrected chi connectivity index (χ2v) is 11.5. The maximum atomic E-state index is 12.9.